The van der Waals surface area contributed by atoms with Crippen LogP contribution in [0.1, 0.15) is 27.6 Å². The molecular formula is C22H18N2O4S. The van der Waals surface area contributed by atoms with E-state index in [1.807, 2.05) is 48.5 Å². The van der Waals surface area contributed by atoms with Crippen LogP contribution in [0, 0.1) is 0 Å². The van der Waals surface area contributed by atoms with Gasteiger partial charge in [0, 0.05) is 23.4 Å². The number of rotatable bonds is 4. The molecule has 0 aromatic heterocycles. The Labute approximate surface area is 168 Å². The molecule has 1 N–H and O–H groups in total. The van der Waals surface area contributed by atoms with Gasteiger partial charge in [-0.1, -0.05) is 48.5 Å². The Balaban J connectivity index is 1.68. The topological polar surface area (TPSA) is 83.6 Å². The summed E-state index contributed by atoms with van der Waals surface area (Å²) in [4.78, 5) is 25.0. The molecule has 0 unspecified atom stereocenters. The second-order valence-corrected chi connectivity index (χ2v) is 8.38. The highest BCUT2D eigenvalue weighted by Gasteiger charge is 2.40. The van der Waals surface area contributed by atoms with E-state index < -0.39 is 21.8 Å². The van der Waals surface area contributed by atoms with E-state index in [-0.39, 0.29) is 22.6 Å². The number of para-hydroxylation sites is 1. The van der Waals surface area contributed by atoms with Crippen molar-refractivity contribution in [3.8, 4) is 11.1 Å². The van der Waals surface area contributed by atoms with Crippen LogP contribution in [0.5, 0.6) is 0 Å². The second-order valence-electron chi connectivity index (χ2n) is 6.55. The number of nitrogens with zero attached hydrogens (tertiary/aromatic N) is 1. The van der Waals surface area contributed by atoms with Crippen LogP contribution in [-0.4, -0.2) is 31.1 Å². The molecule has 0 saturated heterocycles. The van der Waals surface area contributed by atoms with Crippen molar-refractivity contribution in [1.82, 2.24) is 4.31 Å². The highest BCUT2D eigenvalue weighted by atomic mass is 32.2. The fourth-order valence-electron chi connectivity index (χ4n) is 3.39. The van der Waals surface area contributed by atoms with E-state index in [0.29, 0.717) is 5.69 Å². The minimum Gasteiger partial charge on any atom is -0.321 e. The van der Waals surface area contributed by atoms with E-state index in [0.717, 1.165) is 15.4 Å². The molecular weight excluding hydrogens is 388 g/mol. The largest absolute Gasteiger partial charge is 0.321 e. The van der Waals surface area contributed by atoms with Crippen molar-refractivity contribution in [2.24, 2.45) is 0 Å². The Morgan fingerprint density at radius 1 is 0.931 bits per heavy atom. The van der Waals surface area contributed by atoms with Crippen molar-refractivity contribution in [1.29, 1.82) is 0 Å². The van der Waals surface area contributed by atoms with Crippen molar-refractivity contribution in [3.63, 3.8) is 0 Å². The molecule has 2 amide bonds. The Bertz CT molecular complexity index is 1220. The van der Waals surface area contributed by atoms with Crippen LogP contribution in [0.3, 0.4) is 0 Å². The number of carbonyl (C=O) groups excluding carboxylic acids is 2. The number of hydrogen-bond donors (Lipinski definition) is 1. The average Bonchev–Trinajstić information content (AvgIpc) is 2.93. The smallest absolute Gasteiger partial charge is 0.268 e. The van der Waals surface area contributed by atoms with Gasteiger partial charge >= 0.3 is 0 Å². The summed E-state index contributed by atoms with van der Waals surface area (Å²) in [5.41, 5.74) is 2.67. The summed E-state index contributed by atoms with van der Waals surface area (Å²) in [6.45, 7) is 1.64. The zero-order valence-corrected chi connectivity index (χ0v) is 16.4. The molecule has 146 valence electrons. The fraction of sp³-hybridized carbons (Fsp3) is 0.0909. The van der Waals surface area contributed by atoms with E-state index in [1.54, 1.807) is 13.0 Å². The van der Waals surface area contributed by atoms with Crippen LogP contribution in [-0.2, 0) is 10.0 Å². The Hall–Kier alpha value is -3.45. The summed E-state index contributed by atoms with van der Waals surface area (Å²) in [5, 5.41) is 2.85. The minimum absolute atomic E-state index is 0.0435. The quantitative estimate of drug-likeness (QED) is 0.715. The van der Waals surface area contributed by atoms with Gasteiger partial charge in [0.1, 0.15) is 4.90 Å². The molecule has 7 heteroatoms. The first-order chi connectivity index (χ1) is 13.9. The van der Waals surface area contributed by atoms with Crippen molar-refractivity contribution in [2.75, 3.05) is 11.9 Å². The highest BCUT2D eigenvalue weighted by Crippen LogP contribution is 2.32. The van der Waals surface area contributed by atoms with Gasteiger partial charge in [-0.2, -0.15) is 0 Å². The van der Waals surface area contributed by atoms with Crippen molar-refractivity contribution < 1.29 is 18.0 Å². The van der Waals surface area contributed by atoms with E-state index in [2.05, 4.69) is 5.32 Å². The standard InChI is InChI=1S/C22H18N2O4S/c1-2-24-22(26)18-13-12-16(14-20(18)29(24,27)28)21(25)23-19-11-7-6-10-17(19)15-8-4-3-5-9-15/h3-14H,2H2,1H3,(H,23,25). The Morgan fingerprint density at radius 2 is 1.62 bits per heavy atom. The van der Waals surface area contributed by atoms with Gasteiger partial charge in [0.05, 0.1) is 5.56 Å². The van der Waals surface area contributed by atoms with Crippen molar-refractivity contribution >= 4 is 27.5 Å². The van der Waals surface area contributed by atoms with E-state index >= 15 is 0 Å². The van der Waals surface area contributed by atoms with Gasteiger partial charge in [0.15, 0.2) is 0 Å². The number of benzene rings is 3. The van der Waals surface area contributed by atoms with Crippen LogP contribution >= 0.6 is 0 Å². The molecule has 4 rings (SSSR count). The lowest BCUT2D eigenvalue weighted by Crippen LogP contribution is -2.29. The van der Waals surface area contributed by atoms with E-state index in [9.17, 15) is 18.0 Å². The molecule has 1 aliphatic rings. The van der Waals surface area contributed by atoms with Gasteiger partial charge in [0.2, 0.25) is 0 Å². The lowest BCUT2D eigenvalue weighted by Gasteiger charge is -2.12. The molecule has 0 bridgehead atoms. The fourth-order valence-corrected chi connectivity index (χ4v) is 4.99. The maximum Gasteiger partial charge on any atom is 0.268 e. The van der Waals surface area contributed by atoms with Gasteiger partial charge in [-0.05, 0) is 36.8 Å². The molecule has 1 aliphatic heterocycles. The zero-order chi connectivity index (χ0) is 20.6. The third-order valence-electron chi connectivity index (χ3n) is 4.82. The molecule has 0 spiro atoms. The number of fused-ring (bicyclic) bond motifs is 1. The zero-order valence-electron chi connectivity index (χ0n) is 15.6. The number of nitrogens with one attached hydrogen (secondary N) is 1. The molecule has 3 aromatic rings. The first kappa shape index (κ1) is 18.9. The summed E-state index contributed by atoms with van der Waals surface area (Å²) in [6, 6.07) is 21.1. The van der Waals surface area contributed by atoms with Crippen LogP contribution in [0.25, 0.3) is 11.1 Å². The molecule has 0 atom stereocenters. The number of carbonyl (C=O) groups is 2. The van der Waals surface area contributed by atoms with Crippen LogP contribution in [0.4, 0.5) is 5.69 Å². The maximum absolute atomic E-state index is 12.8. The summed E-state index contributed by atoms with van der Waals surface area (Å²) in [5.74, 6) is -1.02. The van der Waals surface area contributed by atoms with Crippen LogP contribution in [0.15, 0.2) is 77.7 Å². The molecule has 0 fully saturated rings. The molecule has 6 nitrogen and oxygen atoms in total. The first-order valence-electron chi connectivity index (χ1n) is 9.10. The third-order valence-corrected chi connectivity index (χ3v) is 6.71. The second kappa shape index (κ2) is 7.18. The average molecular weight is 406 g/mol. The Morgan fingerprint density at radius 3 is 2.34 bits per heavy atom. The molecule has 29 heavy (non-hydrogen) atoms. The van der Waals surface area contributed by atoms with Gasteiger partial charge in [-0.15, -0.1) is 0 Å². The van der Waals surface area contributed by atoms with Crippen molar-refractivity contribution in [3.05, 3.63) is 83.9 Å². The maximum atomic E-state index is 12.8. The normalized spacial score (nSPS) is 14.5. The first-order valence-corrected chi connectivity index (χ1v) is 10.5. The predicted molar refractivity (Wildman–Crippen MR) is 110 cm³/mol. The van der Waals surface area contributed by atoms with E-state index in [4.69, 9.17) is 0 Å². The summed E-state index contributed by atoms with van der Waals surface area (Å²) in [6.07, 6.45) is 0. The predicted octanol–water partition coefficient (Wildman–Crippen LogP) is 3.77. The molecule has 1 heterocycles. The molecule has 0 saturated carbocycles. The Kier molecular flexibility index (Phi) is 4.68. The monoisotopic (exact) mass is 406 g/mol. The van der Waals surface area contributed by atoms with Gasteiger partial charge in [-0.3, -0.25) is 9.59 Å². The summed E-state index contributed by atoms with van der Waals surface area (Å²) < 4.78 is 26.0. The minimum atomic E-state index is -3.92. The van der Waals surface area contributed by atoms with Crippen molar-refractivity contribution in [2.45, 2.75) is 11.8 Å². The van der Waals surface area contributed by atoms with Crippen LogP contribution in [0.2, 0.25) is 0 Å². The van der Waals surface area contributed by atoms with E-state index in [1.165, 1.54) is 18.2 Å². The van der Waals surface area contributed by atoms with Gasteiger partial charge < -0.3 is 5.32 Å². The lowest BCUT2D eigenvalue weighted by atomic mass is 10.0. The highest BCUT2D eigenvalue weighted by molar-refractivity contribution is 7.90. The number of sulfonamides is 1. The molecule has 3 aromatic carbocycles. The molecule has 0 radical (unpaired) electrons. The van der Waals surface area contributed by atoms with Gasteiger partial charge in [0.25, 0.3) is 21.8 Å². The third kappa shape index (κ3) is 3.19. The lowest BCUT2D eigenvalue weighted by molar-refractivity contribution is 0.0875. The summed E-state index contributed by atoms with van der Waals surface area (Å²) >= 11 is 0. The summed E-state index contributed by atoms with van der Waals surface area (Å²) in [7, 11) is -3.92. The number of amides is 2. The SMILES string of the molecule is CCN1C(=O)c2ccc(C(=O)Nc3ccccc3-c3ccccc3)cc2S1(=O)=O. The van der Waals surface area contributed by atoms with Crippen LogP contribution < -0.4 is 5.32 Å². The molecule has 0 aliphatic carbocycles. The number of anilines is 1. The number of hydrogen-bond acceptors (Lipinski definition) is 4. The van der Waals surface area contributed by atoms with Gasteiger partial charge in [-0.25, -0.2) is 12.7 Å².